The van der Waals surface area contributed by atoms with Crippen LogP contribution in [-0.4, -0.2) is 9.97 Å². The lowest BCUT2D eigenvalue weighted by Crippen LogP contribution is -2.05. The SMILES string of the molecule is N#Cc1ccc(-c2ccc3[nH]c(=O)c4[nH]ccc4c3c2)cc1. The van der Waals surface area contributed by atoms with Crippen LogP contribution in [0.25, 0.3) is 32.9 Å². The maximum absolute atomic E-state index is 12.0. The minimum absolute atomic E-state index is 0.112. The van der Waals surface area contributed by atoms with Gasteiger partial charge in [-0.3, -0.25) is 4.79 Å². The minimum Gasteiger partial charge on any atom is -0.357 e. The zero-order valence-corrected chi connectivity index (χ0v) is 11.6. The third kappa shape index (κ3) is 1.80. The summed E-state index contributed by atoms with van der Waals surface area (Å²) in [6, 6.07) is 17.4. The maximum Gasteiger partial charge on any atom is 0.272 e. The molecule has 0 fully saturated rings. The van der Waals surface area contributed by atoms with Gasteiger partial charge in [-0.05, 0) is 41.5 Å². The second-order valence-corrected chi connectivity index (χ2v) is 5.17. The van der Waals surface area contributed by atoms with E-state index in [1.165, 1.54) is 0 Å². The molecule has 22 heavy (non-hydrogen) atoms. The number of pyridine rings is 1. The molecule has 0 aliphatic heterocycles. The Labute approximate surface area is 125 Å². The van der Waals surface area contributed by atoms with Crippen LogP contribution >= 0.6 is 0 Å². The molecule has 2 aromatic heterocycles. The van der Waals surface area contributed by atoms with Crippen molar-refractivity contribution in [2.75, 3.05) is 0 Å². The Balaban J connectivity index is 1.98. The van der Waals surface area contributed by atoms with Crippen molar-refractivity contribution in [3.8, 4) is 17.2 Å². The lowest BCUT2D eigenvalue weighted by Gasteiger charge is -2.05. The van der Waals surface area contributed by atoms with Gasteiger partial charge in [0.2, 0.25) is 0 Å². The van der Waals surface area contributed by atoms with E-state index in [0.29, 0.717) is 11.1 Å². The van der Waals surface area contributed by atoms with Gasteiger partial charge in [0.1, 0.15) is 5.52 Å². The van der Waals surface area contributed by atoms with Crippen molar-refractivity contribution in [1.29, 1.82) is 5.26 Å². The van der Waals surface area contributed by atoms with E-state index >= 15 is 0 Å². The predicted molar refractivity (Wildman–Crippen MR) is 86.6 cm³/mol. The summed E-state index contributed by atoms with van der Waals surface area (Å²) in [4.78, 5) is 17.8. The zero-order chi connectivity index (χ0) is 15.1. The molecule has 4 heteroatoms. The third-order valence-electron chi connectivity index (χ3n) is 3.88. The monoisotopic (exact) mass is 285 g/mol. The van der Waals surface area contributed by atoms with Gasteiger partial charge in [0.05, 0.1) is 11.6 Å². The lowest BCUT2D eigenvalue weighted by molar-refractivity contribution is 1.31. The largest absolute Gasteiger partial charge is 0.357 e. The summed E-state index contributed by atoms with van der Waals surface area (Å²) in [6.45, 7) is 0. The molecule has 4 nitrogen and oxygen atoms in total. The fraction of sp³-hybridized carbons (Fsp3) is 0. The molecule has 0 radical (unpaired) electrons. The van der Waals surface area contributed by atoms with Gasteiger partial charge in [0.25, 0.3) is 5.56 Å². The number of fused-ring (bicyclic) bond motifs is 3. The standard InChI is InChI=1S/C18H11N3O/c19-10-11-1-3-12(4-2-11)13-5-6-16-15(9-13)14-7-8-20-17(14)18(22)21-16/h1-9,20H,(H,21,22). The minimum atomic E-state index is -0.112. The summed E-state index contributed by atoms with van der Waals surface area (Å²) in [5.74, 6) is 0. The number of H-pyrrole nitrogens is 2. The molecule has 0 saturated heterocycles. The van der Waals surface area contributed by atoms with Crippen LogP contribution in [-0.2, 0) is 0 Å². The van der Waals surface area contributed by atoms with Crippen molar-refractivity contribution in [3.63, 3.8) is 0 Å². The van der Waals surface area contributed by atoms with Crippen LogP contribution < -0.4 is 5.56 Å². The summed E-state index contributed by atoms with van der Waals surface area (Å²) in [6.07, 6.45) is 1.77. The number of aromatic amines is 2. The molecule has 4 aromatic rings. The Kier molecular flexibility index (Phi) is 2.60. The van der Waals surface area contributed by atoms with Gasteiger partial charge in [0.15, 0.2) is 0 Å². The molecule has 2 N–H and O–H groups in total. The molecular formula is C18H11N3O. The Hall–Kier alpha value is -3.32. The molecule has 0 aliphatic carbocycles. The lowest BCUT2D eigenvalue weighted by atomic mass is 10.0. The van der Waals surface area contributed by atoms with Crippen molar-refractivity contribution < 1.29 is 0 Å². The fourth-order valence-electron chi connectivity index (χ4n) is 2.76. The van der Waals surface area contributed by atoms with Gasteiger partial charge in [0, 0.05) is 22.5 Å². The highest BCUT2D eigenvalue weighted by Gasteiger charge is 2.07. The first kappa shape index (κ1) is 12.4. The normalized spacial score (nSPS) is 10.9. The number of nitrogens with zero attached hydrogens (tertiary/aromatic N) is 1. The molecule has 4 rings (SSSR count). The molecule has 0 atom stereocenters. The van der Waals surface area contributed by atoms with E-state index in [1.807, 2.05) is 30.3 Å². The summed E-state index contributed by atoms with van der Waals surface area (Å²) >= 11 is 0. The first-order valence-electron chi connectivity index (χ1n) is 6.90. The van der Waals surface area contributed by atoms with E-state index < -0.39 is 0 Å². The van der Waals surface area contributed by atoms with Crippen LogP contribution in [0, 0.1) is 11.3 Å². The van der Waals surface area contributed by atoms with Crippen LogP contribution in [0.1, 0.15) is 5.56 Å². The van der Waals surface area contributed by atoms with E-state index in [2.05, 4.69) is 22.1 Å². The van der Waals surface area contributed by atoms with Crippen LogP contribution in [0.4, 0.5) is 0 Å². The number of aromatic nitrogens is 2. The summed E-state index contributed by atoms with van der Waals surface area (Å²) in [5, 5.41) is 10.8. The van der Waals surface area contributed by atoms with Gasteiger partial charge < -0.3 is 9.97 Å². The maximum atomic E-state index is 12.0. The Morgan fingerprint density at radius 1 is 0.909 bits per heavy atom. The van der Waals surface area contributed by atoms with E-state index in [0.717, 1.165) is 27.4 Å². The average molecular weight is 285 g/mol. The van der Waals surface area contributed by atoms with Crippen LogP contribution in [0.2, 0.25) is 0 Å². The second-order valence-electron chi connectivity index (χ2n) is 5.17. The fourth-order valence-corrected chi connectivity index (χ4v) is 2.76. The second kappa shape index (κ2) is 4.61. The van der Waals surface area contributed by atoms with Gasteiger partial charge in [-0.25, -0.2) is 0 Å². The first-order valence-corrected chi connectivity index (χ1v) is 6.90. The van der Waals surface area contributed by atoms with E-state index in [4.69, 9.17) is 5.26 Å². The third-order valence-corrected chi connectivity index (χ3v) is 3.88. The molecule has 0 spiro atoms. The molecule has 104 valence electrons. The van der Waals surface area contributed by atoms with Crippen LogP contribution in [0.5, 0.6) is 0 Å². The molecular weight excluding hydrogens is 274 g/mol. The molecule has 0 amide bonds. The van der Waals surface area contributed by atoms with Crippen LogP contribution in [0.15, 0.2) is 59.5 Å². The van der Waals surface area contributed by atoms with Crippen molar-refractivity contribution >= 4 is 21.8 Å². The van der Waals surface area contributed by atoms with Crippen molar-refractivity contribution in [1.82, 2.24) is 9.97 Å². The van der Waals surface area contributed by atoms with E-state index in [-0.39, 0.29) is 5.56 Å². The molecule has 0 bridgehead atoms. The topological polar surface area (TPSA) is 72.4 Å². The van der Waals surface area contributed by atoms with Gasteiger partial charge in [-0.1, -0.05) is 18.2 Å². The van der Waals surface area contributed by atoms with Crippen LogP contribution in [0.3, 0.4) is 0 Å². The summed E-state index contributed by atoms with van der Waals surface area (Å²) in [5.41, 5.74) is 4.02. The molecule has 0 unspecified atom stereocenters. The number of nitriles is 1. The number of rotatable bonds is 1. The predicted octanol–water partition coefficient (Wildman–Crippen LogP) is 3.55. The molecule has 2 aromatic carbocycles. The number of hydrogen-bond donors (Lipinski definition) is 2. The molecule has 0 aliphatic rings. The van der Waals surface area contributed by atoms with Gasteiger partial charge in [-0.2, -0.15) is 5.26 Å². The average Bonchev–Trinajstić information content (AvgIpc) is 3.05. The highest BCUT2D eigenvalue weighted by atomic mass is 16.1. The first-order chi connectivity index (χ1) is 10.8. The van der Waals surface area contributed by atoms with E-state index in [1.54, 1.807) is 18.3 Å². The highest BCUT2D eigenvalue weighted by Crippen LogP contribution is 2.27. The van der Waals surface area contributed by atoms with Crippen molar-refractivity contribution in [2.45, 2.75) is 0 Å². The van der Waals surface area contributed by atoms with Gasteiger partial charge >= 0.3 is 0 Å². The van der Waals surface area contributed by atoms with E-state index in [9.17, 15) is 4.79 Å². The number of hydrogen-bond acceptors (Lipinski definition) is 2. The highest BCUT2D eigenvalue weighted by molar-refractivity contribution is 6.05. The summed E-state index contributed by atoms with van der Waals surface area (Å²) < 4.78 is 0. The molecule has 2 heterocycles. The number of nitrogens with one attached hydrogen (secondary N) is 2. The quantitative estimate of drug-likeness (QED) is 0.561. The Morgan fingerprint density at radius 2 is 1.68 bits per heavy atom. The molecule has 0 saturated carbocycles. The Bertz CT molecular complexity index is 1100. The number of benzene rings is 2. The summed E-state index contributed by atoms with van der Waals surface area (Å²) in [7, 11) is 0. The van der Waals surface area contributed by atoms with Crippen molar-refractivity contribution in [2.24, 2.45) is 0 Å². The van der Waals surface area contributed by atoms with Crippen molar-refractivity contribution in [3.05, 3.63) is 70.6 Å². The van der Waals surface area contributed by atoms with Gasteiger partial charge in [-0.15, -0.1) is 0 Å². The zero-order valence-electron chi connectivity index (χ0n) is 11.6. The Morgan fingerprint density at radius 3 is 2.45 bits per heavy atom. The smallest absolute Gasteiger partial charge is 0.272 e.